The van der Waals surface area contributed by atoms with Crippen molar-refractivity contribution in [2.45, 2.75) is 59.4 Å². The van der Waals surface area contributed by atoms with E-state index in [2.05, 4.69) is 5.32 Å². The first-order valence-corrected chi connectivity index (χ1v) is 10.7. The predicted molar refractivity (Wildman–Crippen MR) is 95.6 cm³/mol. The monoisotopic (exact) mass is 359 g/mol. The van der Waals surface area contributed by atoms with E-state index in [0.717, 1.165) is 12.8 Å². The van der Waals surface area contributed by atoms with E-state index >= 15 is 0 Å². The Balaban J connectivity index is 1.94. The molecule has 1 heterocycles. The molecule has 6 nitrogen and oxygen atoms in total. The Morgan fingerprint density at radius 2 is 1.54 bits per heavy atom. The Bertz CT molecular complexity index is 511. The van der Waals surface area contributed by atoms with Gasteiger partial charge in [0.2, 0.25) is 5.91 Å². The molecule has 24 heavy (non-hydrogen) atoms. The van der Waals surface area contributed by atoms with Crippen LogP contribution in [0.15, 0.2) is 0 Å². The third-order valence-corrected chi connectivity index (χ3v) is 6.51. The van der Waals surface area contributed by atoms with Crippen molar-refractivity contribution in [1.29, 1.82) is 0 Å². The van der Waals surface area contributed by atoms with Gasteiger partial charge in [-0.25, -0.2) is 0 Å². The van der Waals surface area contributed by atoms with Gasteiger partial charge in [-0.2, -0.15) is 17.0 Å². The molecule has 2 fully saturated rings. The molecule has 7 heteroatoms. The maximum Gasteiger partial charge on any atom is 0.281 e. The predicted octanol–water partition coefficient (Wildman–Crippen LogP) is 1.84. The van der Waals surface area contributed by atoms with Crippen LogP contribution in [0.4, 0.5) is 0 Å². The first kappa shape index (κ1) is 19.7. The third kappa shape index (κ3) is 5.43. The lowest BCUT2D eigenvalue weighted by atomic mass is 9.97. The fourth-order valence-electron chi connectivity index (χ4n) is 3.14. The summed E-state index contributed by atoms with van der Waals surface area (Å²) in [6, 6.07) is 0.367. The molecule has 140 valence electrons. The normalized spacial score (nSPS) is 21.0. The summed E-state index contributed by atoms with van der Waals surface area (Å²) in [5, 5.41) is 3.03. The first-order chi connectivity index (χ1) is 11.2. The minimum atomic E-state index is -3.44. The molecule has 0 spiro atoms. The highest BCUT2D eigenvalue weighted by Crippen LogP contribution is 2.25. The lowest BCUT2D eigenvalue weighted by Crippen LogP contribution is -2.50. The highest BCUT2D eigenvalue weighted by molar-refractivity contribution is 7.86. The molecule has 1 saturated heterocycles. The minimum absolute atomic E-state index is 0.0410. The Hall–Kier alpha value is -0.660. The molecule has 0 aromatic rings. The molecule has 2 aliphatic rings. The number of piperidine rings is 1. The zero-order valence-electron chi connectivity index (χ0n) is 15.5. The molecule has 1 aliphatic carbocycles. The Labute approximate surface area is 147 Å². The molecule has 0 bridgehead atoms. The van der Waals surface area contributed by atoms with Crippen LogP contribution in [0.5, 0.6) is 0 Å². The summed E-state index contributed by atoms with van der Waals surface area (Å²) in [5.41, 5.74) is 0. The lowest BCUT2D eigenvalue weighted by molar-refractivity contribution is -0.126. The van der Waals surface area contributed by atoms with Crippen molar-refractivity contribution < 1.29 is 13.2 Å². The van der Waals surface area contributed by atoms with E-state index in [4.69, 9.17) is 0 Å². The molecule has 0 radical (unpaired) electrons. The number of rotatable bonds is 8. The highest BCUT2D eigenvalue weighted by Gasteiger charge is 2.36. The van der Waals surface area contributed by atoms with Crippen molar-refractivity contribution >= 4 is 16.1 Å². The highest BCUT2D eigenvalue weighted by atomic mass is 32.2. The summed E-state index contributed by atoms with van der Waals surface area (Å²) in [6.07, 6.45) is 3.40. The van der Waals surface area contributed by atoms with E-state index in [9.17, 15) is 13.2 Å². The number of carbonyl (C=O) groups excluding carboxylic acids is 1. The number of hydrogen-bond donors (Lipinski definition) is 1. The molecule has 1 saturated carbocycles. The summed E-state index contributed by atoms with van der Waals surface area (Å²) < 4.78 is 29.1. The van der Waals surface area contributed by atoms with Crippen LogP contribution in [0, 0.1) is 17.8 Å². The molecule has 1 amide bonds. The van der Waals surface area contributed by atoms with Gasteiger partial charge in [0.25, 0.3) is 10.2 Å². The SMILES string of the molecule is CC(C)CN(CC(C)C)S(=O)(=O)N1CCC(C(=O)NC2CC2)CC1. The molecule has 0 atom stereocenters. The maximum absolute atomic E-state index is 13.0. The quantitative estimate of drug-likeness (QED) is 0.719. The summed E-state index contributed by atoms with van der Waals surface area (Å²) in [5.74, 6) is 0.650. The van der Waals surface area contributed by atoms with Crippen molar-refractivity contribution in [3.63, 3.8) is 0 Å². The maximum atomic E-state index is 13.0. The van der Waals surface area contributed by atoms with E-state index in [1.807, 2.05) is 27.7 Å². The van der Waals surface area contributed by atoms with E-state index in [1.54, 1.807) is 8.61 Å². The van der Waals surface area contributed by atoms with Gasteiger partial charge in [0.05, 0.1) is 0 Å². The smallest absolute Gasteiger partial charge is 0.281 e. The molecule has 1 aliphatic heterocycles. The van der Waals surface area contributed by atoms with Crippen LogP contribution in [0.3, 0.4) is 0 Å². The Morgan fingerprint density at radius 1 is 1.04 bits per heavy atom. The first-order valence-electron chi connectivity index (χ1n) is 9.25. The van der Waals surface area contributed by atoms with Crippen molar-refractivity contribution in [2.75, 3.05) is 26.2 Å². The fraction of sp³-hybridized carbons (Fsp3) is 0.941. The molecule has 1 N–H and O–H groups in total. The second-order valence-electron chi connectivity index (χ2n) is 8.07. The van der Waals surface area contributed by atoms with Gasteiger partial charge in [0.15, 0.2) is 0 Å². The van der Waals surface area contributed by atoms with Gasteiger partial charge in [-0.15, -0.1) is 0 Å². The van der Waals surface area contributed by atoms with Crippen molar-refractivity contribution in [3.8, 4) is 0 Å². The van der Waals surface area contributed by atoms with E-state index in [0.29, 0.717) is 56.9 Å². The zero-order chi connectivity index (χ0) is 17.9. The summed E-state index contributed by atoms with van der Waals surface area (Å²) in [6.45, 7) is 10.1. The Morgan fingerprint density at radius 3 is 1.96 bits per heavy atom. The standard InChI is InChI=1S/C17H33N3O3S/c1-13(2)11-20(12-14(3)4)24(22,23)19-9-7-15(8-10-19)17(21)18-16-5-6-16/h13-16H,5-12H2,1-4H3,(H,18,21). The number of hydrogen-bond acceptors (Lipinski definition) is 3. The van der Waals surface area contributed by atoms with Crippen molar-refractivity contribution in [1.82, 2.24) is 13.9 Å². The van der Waals surface area contributed by atoms with Crippen LogP contribution in [-0.2, 0) is 15.0 Å². The van der Waals surface area contributed by atoms with Crippen LogP contribution < -0.4 is 5.32 Å². The van der Waals surface area contributed by atoms with Gasteiger partial charge in [0.1, 0.15) is 0 Å². The molecule has 0 aromatic carbocycles. The van der Waals surface area contributed by atoms with Gasteiger partial charge < -0.3 is 5.32 Å². The molecular formula is C17H33N3O3S. The zero-order valence-corrected chi connectivity index (χ0v) is 16.3. The van der Waals surface area contributed by atoms with Crippen LogP contribution in [0.1, 0.15) is 53.4 Å². The topological polar surface area (TPSA) is 69.7 Å². The number of amides is 1. The van der Waals surface area contributed by atoms with E-state index < -0.39 is 10.2 Å². The molecular weight excluding hydrogens is 326 g/mol. The minimum Gasteiger partial charge on any atom is -0.353 e. The van der Waals surface area contributed by atoms with Gasteiger partial charge in [-0.1, -0.05) is 27.7 Å². The van der Waals surface area contributed by atoms with Crippen LogP contribution in [0.2, 0.25) is 0 Å². The van der Waals surface area contributed by atoms with Crippen LogP contribution in [-0.4, -0.2) is 55.2 Å². The third-order valence-electron chi connectivity index (χ3n) is 4.54. The second kappa shape index (κ2) is 8.15. The van der Waals surface area contributed by atoms with Gasteiger partial charge in [-0.3, -0.25) is 4.79 Å². The summed E-state index contributed by atoms with van der Waals surface area (Å²) >= 11 is 0. The lowest BCUT2D eigenvalue weighted by Gasteiger charge is -2.35. The summed E-state index contributed by atoms with van der Waals surface area (Å²) in [4.78, 5) is 12.1. The van der Waals surface area contributed by atoms with Gasteiger partial charge in [-0.05, 0) is 37.5 Å². The van der Waals surface area contributed by atoms with Gasteiger partial charge in [0, 0.05) is 38.1 Å². The van der Waals surface area contributed by atoms with Gasteiger partial charge >= 0.3 is 0 Å². The van der Waals surface area contributed by atoms with Crippen LogP contribution in [0.25, 0.3) is 0 Å². The molecule has 0 unspecified atom stereocenters. The second-order valence-corrected chi connectivity index (χ2v) is 10.00. The number of carbonyl (C=O) groups is 1. The fourth-order valence-corrected chi connectivity index (χ4v) is 5.11. The van der Waals surface area contributed by atoms with Crippen molar-refractivity contribution in [2.24, 2.45) is 17.8 Å². The Kier molecular flexibility index (Phi) is 6.67. The van der Waals surface area contributed by atoms with Crippen LogP contribution >= 0.6 is 0 Å². The molecule has 2 rings (SSSR count). The van der Waals surface area contributed by atoms with Crippen molar-refractivity contribution in [3.05, 3.63) is 0 Å². The molecule has 0 aromatic heterocycles. The average Bonchev–Trinajstić information content (AvgIpc) is 3.29. The van der Waals surface area contributed by atoms with E-state index in [-0.39, 0.29) is 11.8 Å². The largest absolute Gasteiger partial charge is 0.353 e. The average molecular weight is 360 g/mol. The van der Waals surface area contributed by atoms with E-state index in [1.165, 1.54) is 0 Å². The summed E-state index contributed by atoms with van der Waals surface area (Å²) in [7, 11) is -3.44. The number of nitrogens with zero attached hydrogens (tertiary/aromatic N) is 2. The number of nitrogens with one attached hydrogen (secondary N) is 1.